The van der Waals surface area contributed by atoms with E-state index in [2.05, 4.69) is 35.6 Å². The summed E-state index contributed by atoms with van der Waals surface area (Å²) in [6.45, 7) is 2.66. The number of hydrogen-bond acceptors (Lipinski definition) is 6. The molecule has 0 bridgehead atoms. The van der Waals surface area contributed by atoms with Gasteiger partial charge in [-0.15, -0.1) is 24.8 Å². The fourth-order valence-electron chi connectivity index (χ4n) is 1.96. The molecular formula is C16H36Cl2N14. The highest BCUT2D eigenvalue weighted by Gasteiger charge is 1.96. The molecule has 0 radical (unpaired) electrons. The van der Waals surface area contributed by atoms with E-state index in [0.717, 1.165) is 25.7 Å². The van der Waals surface area contributed by atoms with Crippen molar-refractivity contribution in [3.63, 3.8) is 0 Å². The van der Waals surface area contributed by atoms with Crippen LogP contribution < -0.4 is 45.0 Å². The van der Waals surface area contributed by atoms with E-state index >= 15 is 0 Å². The summed E-state index contributed by atoms with van der Waals surface area (Å²) in [6.07, 6.45) is 3.69. The van der Waals surface area contributed by atoms with Crippen LogP contribution in [-0.2, 0) is 0 Å². The van der Waals surface area contributed by atoms with E-state index in [4.69, 9.17) is 39.7 Å². The maximum atomic E-state index is 8.47. The molecule has 32 heavy (non-hydrogen) atoms. The van der Waals surface area contributed by atoms with E-state index in [9.17, 15) is 0 Å². The van der Waals surface area contributed by atoms with Crippen LogP contribution in [0.1, 0.15) is 25.7 Å². The molecule has 0 saturated carbocycles. The highest BCUT2D eigenvalue weighted by molar-refractivity contribution is 5.97. The van der Waals surface area contributed by atoms with Gasteiger partial charge in [-0.05, 0) is 12.8 Å². The SMILES string of the molecule is Cl.Cl.N#CC(N)=NCCNC(N)=NC(N)=NCCCCCCN=C(N)NC(N)=NCCN. The number of aliphatic imine (C=N–C) groups is 5. The predicted octanol–water partition coefficient (Wildman–Crippen LogP) is -2.33. The normalized spacial score (nSPS) is 12.9. The molecule has 0 aromatic carbocycles. The first-order chi connectivity index (χ1) is 14.4. The fourth-order valence-corrected chi connectivity index (χ4v) is 1.96. The standard InChI is InChI=1S/C16H34N14.2ClH/c17-5-8-27-15(22)29-13(20)25-6-3-1-2-4-7-26-14(21)30-16(23)28-10-9-24-12(19)11-18;;/h1-10,17H2,(H2,19,24)(H5,20,22,25,27,29)(H5,21,23,26,28,30);2*1H. The van der Waals surface area contributed by atoms with Crippen LogP contribution in [0.25, 0.3) is 0 Å². The lowest BCUT2D eigenvalue weighted by molar-refractivity contribution is 0.653. The second-order valence-corrected chi connectivity index (χ2v) is 5.90. The van der Waals surface area contributed by atoms with Crippen LogP contribution in [0.3, 0.4) is 0 Å². The molecule has 0 aliphatic carbocycles. The van der Waals surface area contributed by atoms with Crippen LogP contribution in [0.4, 0.5) is 0 Å². The zero-order chi connectivity index (χ0) is 22.6. The van der Waals surface area contributed by atoms with Gasteiger partial charge in [0.25, 0.3) is 0 Å². The second kappa shape index (κ2) is 22.7. The summed E-state index contributed by atoms with van der Waals surface area (Å²) in [5, 5.41) is 14.0. The van der Waals surface area contributed by atoms with Crippen molar-refractivity contribution in [2.45, 2.75) is 25.7 Å². The Hall–Kier alpha value is -3.02. The van der Waals surface area contributed by atoms with Gasteiger partial charge in [0.1, 0.15) is 6.07 Å². The van der Waals surface area contributed by atoms with E-state index in [0.29, 0.717) is 39.3 Å². The molecule has 0 heterocycles. The Morgan fingerprint density at radius 2 is 1.28 bits per heavy atom. The Morgan fingerprint density at radius 1 is 0.719 bits per heavy atom. The van der Waals surface area contributed by atoms with Crippen molar-refractivity contribution in [2.75, 3.05) is 39.3 Å². The summed E-state index contributed by atoms with van der Waals surface area (Å²) >= 11 is 0. The Labute approximate surface area is 201 Å². The number of amidine groups is 1. The summed E-state index contributed by atoms with van der Waals surface area (Å²) in [6, 6.07) is 1.72. The number of hydrogen-bond donors (Lipinski definition) is 8. The molecule has 184 valence electrons. The molecule has 14 N–H and O–H groups in total. The molecule has 0 spiro atoms. The Morgan fingerprint density at radius 3 is 1.84 bits per heavy atom. The van der Waals surface area contributed by atoms with Crippen LogP contribution in [0, 0.1) is 11.3 Å². The molecule has 16 heteroatoms. The lowest BCUT2D eigenvalue weighted by Gasteiger charge is -2.04. The Bertz CT molecular complexity index is 681. The summed E-state index contributed by atoms with van der Waals surface area (Å²) in [7, 11) is 0. The minimum absolute atomic E-state index is 0. The lowest BCUT2D eigenvalue weighted by Crippen LogP contribution is -2.42. The number of guanidine groups is 4. The Kier molecular flexibility index (Phi) is 23.8. The van der Waals surface area contributed by atoms with Crippen molar-refractivity contribution in [2.24, 2.45) is 59.4 Å². The number of nitrogens with two attached hydrogens (primary N) is 6. The molecule has 0 saturated heterocycles. The first kappa shape index (κ1) is 33.6. The van der Waals surface area contributed by atoms with Gasteiger partial charge < -0.3 is 39.7 Å². The number of nitrogens with zero attached hydrogens (tertiary/aromatic N) is 6. The Balaban J connectivity index is -0.00000420. The van der Waals surface area contributed by atoms with Gasteiger partial charge in [-0.1, -0.05) is 12.8 Å². The molecule has 0 unspecified atom stereocenters. The van der Waals surface area contributed by atoms with E-state index in [1.165, 1.54) is 0 Å². The average Bonchev–Trinajstić information content (AvgIpc) is 2.71. The van der Waals surface area contributed by atoms with Crippen LogP contribution in [-0.4, -0.2) is 68.9 Å². The van der Waals surface area contributed by atoms with Crippen LogP contribution in [0.5, 0.6) is 0 Å². The third kappa shape index (κ3) is 21.7. The highest BCUT2D eigenvalue weighted by atomic mass is 35.5. The summed E-state index contributed by atoms with van der Waals surface area (Å²) in [5.74, 6) is 0.567. The number of nitrogens with one attached hydrogen (secondary N) is 2. The van der Waals surface area contributed by atoms with Gasteiger partial charge in [-0.3, -0.25) is 25.3 Å². The van der Waals surface area contributed by atoms with E-state index in [1.807, 2.05) is 0 Å². The van der Waals surface area contributed by atoms with Crippen molar-refractivity contribution in [3.8, 4) is 6.07 Å². The van der Waals surface area contributed by atoms with Crippen LogP contribution in [0.2, 0.25) is 0 Å². The van der Waals surface area contributed by atoms with Crippen molar-refractivity contribution >= 4 is 54.5 Å². The van der Waals surface area contributed by atoms with E-state index in [1.54, 1.807) is 6.07 Å². The maximum absolute atomic E-state index is 8.47. The summed E-state index contributed by atoms with van der Waals surface area (Å²) in [5.41, 5.74) is 33.3. The minimum atomic E-state index is -0.0854. The van der Waals surface area contributed by atoms with E-state index in [-0.39, 0.29) is 54.5 Å². The first-order valence-electron chi connectivity index (χ1n) is 9.54. The molecule has 0 amide bonds. The van der Waals surface area contributed by atoms with Gasteiger partial charge >= 0.3 is 0 Å². The molecule has 0 aromatic rings. The molecule has 14 nitrogen and oxygen atoms in total. The molecule has 0 aliphatic rings. The quantitative estimate of drug-likeness (QED) is 0.0818. The molecule has 0 aromatic heterocycles. The first-order valence-corrected chi connectivity index (χ1v) is 9.54. The van der Waals surface area contributed by atoms with Crippen molar-refractivity contribution in [3.05, 3.63) is 0 Å². The number of nitriles is 1. The van der Waals surface area contributed by atoms with Crippen LogP contribution >= 0.6 is 24.8 Å². The number of halogens is 2. The van der Waals surface area contributed by atoms with Crippen molar-refractivity contribution < 1.29 is 0 Å². The number of unbranched alkanes of at least 4 members (excludes halogenated alkanes) is 3. The third-order valence-corrected chi connectivity index (χ3v) is 3.34. The van der Waals surface area contributed by atoms with E-state index < -0.39 is 0 Å². The summed E-state index contributed by atoms with van der Waals surface area (Å²) in [4.78, 5) is 20.0. The minimum Gasteiger partial charge on any atom is -0.375 e. The third-order valence-electron chi connectivity index (χ3n) is 3.34. The molecule has 0 aliphatic heterocycles. The van der Waals surface area contributed by atoms with Gasteiger partial charge in [0.15, 0.2) is 23.7 Å². The molecule has 0 rings (SSSR count). The topological polar surface area (TPSA) is 266 Å². The smallest absolute Gasteiger partial charge is 0.218 e. The lowest BCUT2D eigenvalue weighted by atomic mass is 10.2. The monoisotopic (exact) mass is 494 g/mol. The number of rotatable bonds is 12. The van der Waals surface area contributed by atoms with Gasteiger partial charge in [0.2, 0.25) is 5.96 Å². The summed E-state index contributed by atoms with van der Waals surface area (Å²) < 4.78 is 0. The zero-order valence-electron chi connectivity index (χ0n) is 18.0. The fraction of sp³-hybridized carbons (Fsp3) is 0.625. The van der Waals surface area contributed by atoms with Crippen molar-refractivity contribution in [1.82, 2.24) is 10.6 Å². The van der Waals surface area contributed by atoms with Gasteiger partial charge in [0, 0.05) is 26.2 Å². The van der Waals surface area contributed by atoms with Gasteiger partial charge in [-0.25, -0.2) is 0 Å². The van der Waals surface area contributed by atoms with Crippen molar-refractivity contribution in [1.29, 1.82) is 5.26 Å². The molecule has 0 fully saturated rings. The molecule has 0 atom stereocenters. The largest absolute Gasteiger partial charge is 0.375 e. The molecular weight excluding hydrogens is 459 g/mol. The highest BCUT2D eigenvalue weighted by Crippen LogP contribution is 2.00. The van der Waals surface area contributed by atoms with Crippen LogP contribution in [0.15, 0.2) is 25.0 Å². The van der Waals surface area contributed by atoms with Gasteiger partial charge in [0.05, 0.1) is 13.1 Å². The van der Waals surface area contributed by atoms with Gasteiger partial charge in [-0.2, -0.15) is 10.3 Å². The predicted molar refractivity (Wildman–Crippen MR) is 136 cm³/mol. The second-order valence-electron chi connectivity index (χ2n) is 5.90. The average molecular weight is 495 g/mol. The zero-order valence-corrected chi connectivity index (χ0v) is 19.7. The maximum Gasteiger partial charge on any atom is 0.218 e.